The zero-order valence-corrected chi connectivity index (χ0v) is 8.43. The van der Waals surface area contributed by atoms with Gasteiger partial charge in [0.05, 0.1) is 0 Å². The maximum Gasteiger partial charge on any atom is 0.411 e. The number of hydrogen-bond acceptors (Lipinski definition) is 2. The number of amides is 1. The summed E-state index contributed by atoms with van der Waals surface area (Å²) in [4.78, 5) is 11.2. The van der Waals surface area contributed by atoms with Crippen LogP contribution >= 0.6 is 0 Å². The molecule has 0 bridgehead atoms. The Morgan fingerprint density at radius 3 is 2.60 bits per heavy atom. The number of hydrogen-bond donors (Lipinski definition) is 1. The van der Waals surface area contributed by atoms with Crippen LogP contribution in [0.4, 0.5) is 13.2 Å². The molecule has 0 aromatic carbocycles. The third kappa shape index (κ3) is 5.61. The van der Waals surface area contributed by atoms with Crippen molar-refractivity contribution in [3.63, 3.8) is 0 Å². The predicted octanol–water partition coefficient (Wildman–Crippen LogP) is 1.48. The van der Waals surface area contributed by atoms with E-state index in [2.05, 4.69) is 10.1 Å². The van der Waals surface area contributed by atoms with Gasteiger partial charge in [0.25, 0.3) is 0 Å². The molecular formula is C9H14F3NO2. The maximum absolute atomic E-state index is 11.7. The summed E-state index contributed by atoms with van der Waals surface area (Å²) in [7, 11) is 0. The lowest BCUT2D eigenvalue weighted by Crippen LogP contribution is -2.37. The molecule has 1 N–H and O–H groups in total. The van der Waals surface area contributed by atoms with Crippen LogP contribution in [0.2, 0.25) is 0 Å². The van der Waals surface area contributed by atoms with E-state index in [1.54, 1.807) is 0 Å². The van der Waals surface area contributed by atoms with Crippen molar-refractivity contribution in [1.29, 1.82) is 0 Å². The van der Waals surface area contributed by atoms with E-state index in [-0.39, 0.29) is 0 Å². The smallest absolute Gasteiger partial charge is 0.359 e. The molecule has 6 heteroatoms. The average molecular weight is 225 g/mol. The maximum atomic E-state index is 11.7. The Kier molecular flexibility index (Phi) is 3.96. The normalized spacial score (nSPS) is 18.7. The van der Waals surface area contributed by atoms with Gasteiger partial charge in [-0.15, -0.1) is 0 Å². The van der Waals surface area contributed by atoms with Crippen LogP contribution in [0.15, 0.2) is 0 Å². The van der Waals surface area contributed by atoms with Crippen molar-refractivity contribution in [3.05, 3.63) is 0 Å². The number of nitrogens with one attached hydrogen (secondary N) is 1. The predicted molar refractivity (Wildman–Crippen MR) is 47.2 cm³/mol. The molecule has 1 fully saturated rings. The van der Waals surface area contributed by atoms with Crippen molar-refractivity contribution in [2.24, 2.45) is 5.92 Å². The first kappa shape index (κ1) is 12.3. The first-order valence-electron chi connectivity index (χ1n) is 4.84. The minimum atomic E-state index is -4.38. The number of rotatable bonds is 5. The fourth-order valence-corrected chi connectivity index (χ4v) is 1.01. The third-order valence-electron chi connectivity index (χ3n) is 2.13. The van der Waals surface area contributed by atoms with E-state index < -0.39 is 24.8 Å². The molecule has 1 atom stereocenters. The lowest BCUT2D eigenvalue weighted by molar-refractivity contribution is -0.185. The minimum Gasteiger partial charge on any atom is -0.359 e. The molecule has 0 aliphatic heterocycles. The van der Waals surface area contributed by atoms with Crippen molar-refractivity contribution in [3.8, 4) is 0 Å². The van der Waals surface area contributed by atoms with Crippen LogP contribution in [0.3, 0.4) is 0 Å². The average Bonchev–Trinajstić information content (AvgIpc) is 2.92. The highest BCUT2D eigenvalue weighted by molar-refractivity contribution is 5.80. The van der Waals surface area contributed by atoms with Gasteiger partial charge >= 0.3 is 6.18 Å². The van der Waals surface area contributed by atoms with E-state index in [4.69, 9.17) is 0 Å². The van der Waals surface area contributed by atoms with Crippen LogP contribution in [-0.2, 0) is 9.53 Å². The van der Waals surface area contributed by atoms with Gasteiger partial charge in [-0.25, -0.2) is 0 Å². The van der Waals surface area contributed by atoms with Gasteiger partial charge in [-0.05, 0) is 25.7 Å². The van der Waals surface area contributed by atoms with Gasteiger partial charge < -0.3 is 10.1 Å². The molecule has 0 aromatic rings. The van der Waals surface area contributed by atoms with Crippen molar-refractivity contribution in [2.75, 3.05) is 13.2 Å². The van der Waals surface area contributed by atoms with E-state index in [1.807, 2.05) is 0 Å². The second-order valence-corrected chi connectivity index (χ2v) is 3.76. The lowest BCUT2D eigenvalue weighted by Gasteiger charge is -2.14. The van der Waals surface area contributed by atoms with Gasteiger partial charge in [0.15, 0.2) is 0 Å². The monoisotopic (exact) mass is 225 g/mol. The quantitative estimate of drug-likeness (QED) is 0.769. The fraction of sp³-hybridized carbons (Fsp3) is 0.889. The number of carbonyl (C=O) groups is 1. The van der Waals surface area contributed by atoms with E-state index >= 15 is 0 Å². The van der Waals surface area contributed by atoms with Crippen LogP contribution in [0, 0.1) is 5.92 Å². The molecule has 0 heterocycles. The number of carbonyl (C=O) groups excluding carboxylic acids is 1. The summed E-state index contributed by atoms with van der Waals surface area (Å²) < 4.78 is 39.6. The van der Waals surface area contributed by atoms with Crippen LogP contribution < -0.4 is 5.32 Å². The van der Waals surface area contributed by atoms with Crippen LogP contribution in [0.25, 0.3) is 0 Å². The molecule has 1 amide bonds. The van der Waals surface area contributed by atoms with Crippen molar-refractivity contribution < 1.29 is 22.7 Å². The number of halogens is 3. The highest BCUT2D eigenvalue weighted by atomic mass is 19.4. The van der Waals surface area contributed by atoms with Crippen molar-refractivity contribution in [2.45, 2.75) is 32.0 Å². The molecule has 0 saturated heterocycles. The summed E-state index contributed by atoms with van der Waals surface area (Å²) in [5, 5.41) is 2.55. The Hall–Kier alpha value is -0.780. The Labute approximate surface area is 86.0 Å². The topological polar surface area (TPSA) is 38.3 Å². The molecule has 1 saturated carbocycles. The SMILES string of the molecule is CC(OCC(F)(F)F)C(=O)NCC1CC1. The van der Waals surface area contributed by atoms with Crippen molar-refractivity contribution in [1.82, 2.24) is 5.32 Å². The molecule has 15 heavy (non-hydrogen) atoms. The van der Waals surface area contributed by atoms with Gasteiger partial charge in [-0.3, -0.25) is 4.79 Å². The largest absolute Gasteiger partial charge is 0.411 e. The Bertz CT molecular complexity index is 226. The standard InChI is InChI=1S/C9H14F3NO2/c1-6(15-5-9(10,11)12)8(14)13-4-7-2-3-7/h6-7H,2-5H2,1H3,(H,13,14). The van der Waals surface area contributed by atoms with Crippen LogP contribution in [0.1, 0.15) is 19.8 Å². The van der Waals surface area contributed by atoms with E-state index in [0.29, 0.717) is 12.5 Å². The molecule has 3 nitrogen and oxygen atoms in total. The second kappa shape index (κ2) is 4.83. The summed E-state index contributed by atoms with van der Waals surface area (Å²) in [5.74, 6) is 0.0231. The molecule has 1 rings (SSSR count). The van der Waals surface area contributed by atoms with Gasteiger partial charge in [0, 0.05) is 6.54 Å². The van der Waals surface area contributed by atoms with Crippen molar-refractivity contribution >= 4 is 5.91 Å². The fourth-order valence-electron chi connectivity index (χ4n) is 1.01. The summed E-state index contributed by atoms with van der Waals surface area (Å²) >= 11 is 0. The zero-order chi connectivity index (χ0) is 11.5. The molecule has 1 aliphatic carbocycles. The molecule has 1 aliphatic rings. The zero-order valence-electron chi connectivity index (χ0n) is 8.43. The third-order valence-corrected chi connectivity index (χ3v) is 2.13. The first-order valence-corrected chi connectivity index (χ1v) is 4.84. The molecule has 0 radical (unpaired) electrons. The number of ether oxygens (including phenoxy) is 1. The molecule has 0 aromatic heterocycles. The summed E-state index contributed by atoms with van der Waals surface area (Å²) in [5.41, 5.74) is 0. The second-order valence-electron chi connectivity index (χ2n) is 3.76. The minimum absolute atomic E-state index is 0.480. The van der Waals surface area contributed by atoms with Gasteiger partial charge in [-0.1, -0.05) is 0 Å². The highest BCUT2D eigenvalue weighted by Crippen LogP contribution is 2.27. The van der Waals surface area contributed by atoms with E-state index in [9.17, 15) is 18.0 Å². The molecule has 0 spiro atoms. The Balaban J connectivity index is 2.13. The van der Waals surface area contributed by atoms with Crippen LogP contribution in [0.5, 0.6) is 0 Å². The Morgan fingerprint density at radius 1 is 1.53 bits per heavy atom. The summed E-state index contributed by atoms with van der Waals surface area (Å²) in [6.45, 7) is 0.470. The molecular weight excluding hydrogens is 211 g/mol. The number of alkyl halides is 3. The summed E-state index contributed by atoms with van der Waals surface area (Å²) in [6, 6.07) is 0. The molecule has 88 valence electrons. The van der Waals surface area contributed by atoms with Gasteiger partial charge in [0.1, 0.15) is 12.7 Å². The summed E-state index contributed by atoms with van der Waals surface area (Å²) in [6.07, 6.45) is -3.27. The lowest BCUT2D eigenvalue weighted by atomic mass is 10.3. The molecule has 1 unspecified atom stereocenters. The van der Waals surface area contributed by atoms with Gasteiger partial charge in [-0.2, -0.15) is 13.2 Å². The van der Waals surface area contributed by atoms with Gasteiger partial charge in [0.2, 0.25) is 5.91 Å². The Morgan fingerprint density at radius 2 is 2.13 bits per heavy atom. The van der Waals surface area contributed by atoms with E-state index in [0.717, 1.165) is 12.8 Å². The van der Waals surface area contributed by atoms with Crippen LogP contribution in [-0.4, -0.2) is 31.3 Å². The highest BCUT2D eigenvalue weighted by Gasteiger charge is 2.30. The first-order chi connectivity index (χ1) is 6.88. The van der Waals surface area contributed by atoms with E-state index in [1.165, 1.54) is 6.92 Å².